The van der Waals surface area contributed by atoms with Crippen molar-refractivity contribution in [2.75, 3.05) is 13.1 Å². The summed E-state index contributed by atoms with van der Waals surface area (Å²) in [7, 11) is 0. The fourth-order valence-corrected chi connectivity index (χ4v) is 5.99. The first-order chi connectivity index (χ1) is 10.5. The van der Waals surface area contributed by atoms with Crippen LogP contribution in [0.15, 0.2) is 0 Å². The fraction of sp³-hybridized carbons (Fsp3) is 0.882. The van der Waals surface area contributed by atoms with Crippen LogP contribution >= 0.6 is 0 Å². The van der Waals surface area contributed by atoms with Gasteiger partial charge < -0.3 is 15.3 Å². The molecule has 1 saturated heterocycles. The molecule has 5 aliphatic rings. The summed E-state index contributed by atoms with van der Waals surface area (Å²) in [4.78, 5) is 14.2. The van der Waals surface area contributed by atoms with Crippen LogP contribution in [0, 0.1) is 23.2 Å². The van der Waals surface area contributed by atoms with Crippen molar-refractivity contribution in [3.63, 3.8) is 0 Å². The average Bonchev–Trinajstić information content (AvgIpc) is 2.90. The molecule has 3 atom stereocenters. The summed E-state index contributed by atoms with van der Waals surface area (Å²) in [6.45, 7) is 1.02. The minimum Gasteiger partial charge on any atom is -0.390 e. The molecule has 1 amide bonds. The van der Waals surface area contributed by atoms with Crippen molar-refractivity contribution in [3.8, 4) is 6.07 Å². The van der Waals surface area contributed by atoms with Crippen LogP contribution in [0.1, 0.15) is 51.4 Å². The molecule has 5 heteroatoms. The van der Waals surface area contributed by atoms with Crippen molar-refractivity contribution in [1.82, 2.24) is 10.2 Å². The maximum atomic E-state index is 12.4. The third-order valence-corrected chi connectivity index (χ3v) is 6.37. The number of nitrogens with zero attached hydrogens (tertiary/aromatic N) is 2. The molecule has 4 saturated carbocycles. The van der Waals surface area contributed by atoms with Gasteiger partial charge in [0.15, 0.2) is 0 Å². The zero-order valence-electron chi connectivity index (χ0n) is 13.1. The number of hydrogen-bond acceptors (Lipinski definition) is 4. The van der Waals surface area contributed by atoms with Crippen LogP contribution in [0.25, 0.3) is 0 Å². The second kappa shape index (κ2) is 4.94. The van der Waals surface area contributed by atoms with Gasteiger partial charge in [0.05, 0.1) is 18.2 Å². The van der Waals surface area contributed by atoms with Gasteiger partial charge in [0, 0.05) is 12.1 Å². The molecule has 0 spiro atoms. The van der Waals surface area contributed by atoms with Gasteiger partial charge in [-0.25, -0.2) is 0 Å². The third kappa shape index (κ3) is 2.33. The highest BCUT2D eigenvalue weighted by Crippen LogP contribution is 2.57. The number of amides is 1. The van der Waals surface area contributed by atoms with Crippen molar-refractivity contribution in [1.29, 1.82) is 5.26 Å². The molecular weight excluding hydrogens is 283 g/mol. The van der Waals surface area contributed by atoms with Gasteiger partial charge in [0.25, 0.3) is 0 Å². The third-order valence-electron chi connectivity index (χ3n) is 6.37. The van der Waals surface area contributed by atoms with Gasteiger partial charge in [0.2, 0.25) is 5.91 Å². The second-order valence-corrected chi connectivity index (χ2v) is 8.19. The minimum absolute atomic E-state index is 0.0453. The van der Waals surface area contributed by atoms with Crippen LogP contribution in [0.3, 0.4) is 0 Å². The molecule has 4 bridgehead atoms. The van der Waals surface area contributed by atoms with Crippen LogP contribution in [0.4, 0.5) is 0 Å². The Labute approximate surface area is 131 Å². The van der Waals surface area contributed by atoms with E-state index in [1.54, 1.807) is 4.90 Å². The van der Waals surface area contributed by atoms with Crippen molar-refractivity contribution < 1.29 is 9.90 Å². The van der Waals surface area contributed by atoms with Crippen LogP contribution in [0.2, 0.25) is 0 Å². The largest absolute Gasteiger partial charge is 0.390 e. The molecule has 1 aliphatic heterocycles. The number of rotatable bonds is 3. The Balaban J connectivity index is 1.41. The number of carbonyl (C=O) groups excluding carboxylic acids is 1. The van der Waals surface area contributed by atoms with Crippen molar-refractivity contribution in [3.05, 3.63) is 0 Å². The van der Waals surface area contributed by atoms with Gasteiger partial charge in [-0.2, -0.15) is 5.26 Å². The Hall–Kier alpha value is -1.12. The van der Waals surface area contributed by atoms with Gasteiger partial charge in [0.1, 0.15) is 6.04 Å². The molecule has 0 radical (unpaired) electrons. The first-order valence-corrected chi connectivity index (χ1v) is 8.67. The van der Waals surface area contributed by atoms with E-state index < -0.39 is 5.60 Å². The first kappa shape index (κ1) is 14.5. The lowest BCUT2D eigenvalue weighted by atomic mass is 9.51. The summed E-state index contributed by atoms with van der Waals surface area (Å²) in [5.74, 6) is 1.28. The average molecular weight is 308 g/mol. The van der Waals surface area contributed by atoms with Crippen LogP contribution in [-0.4, -0.2) is 46.2 Å². The number of aliphatic hydroxyl groups is 1. The predicted molar refractivity (Wildman–Crippen MR) is 80.7 cm³/mol. The molecule has 0 aromatic carbocycles. The van der Waals surface area contributed by atoms with E-state index in [9.17, 15) is 9.90 Å². The zero-order chi connectivity index (χ0) is 15.4. The summed E-state index contributed by atoms with van der Waals surface area (Å²) in [5, 5.41) is 23.4. The lowest BCUT2D eigenvalue weighted by Gasteiger charge is -2.60. The van der Waals surface area contributed by atoms with Crippen molar-refractivity contribution in [2.45, 2.75) is 68.5 Å². The smallest absolute Gasteiger partial charge is 0.237 e. The Morgan fingerprint density at radius 1 is 1.32 bits per heavy atom. The van der Waals surface area contributed by atoms with E-state index >= 15 is 0 Å². The zero-order valence-corrected chi connectivity index (χ0v) is 13.1. The highest BCUT2D eigenvalue weighted by Gasteiger charge is 2.57. The van der Waals surface area contributed by atoms with Gasteiger partial charge >= 0.3 is 0 Å². The molecule has 1 heterocycles. The summed E-state index contributed by atoms with van der Waals surface area (Å²) in [6, 6.07) is 1.99. The molecule has 0 aromatic rings. The lowest BCUT2D eigenvalue weighted by Crippen LogP contribution is -2.65. The molecule has 5 nitrogen and oxygen atoms in total. The molecular formula is C17H25N3O2. The fourth-order valence-electron chi connectivity index (χ4n) is 5.99. The van der Waals surface area contributed by atoms with Crippen molar-refractivity contribution >= 4 is 5.91 Å². The van der Waals surface area contributed by atoms with Gasteiger partial charge in [-0.3, -0.25) is 4.79 Å². The molecule has 0 aromatic heterocycles. The Morgan fingerprint density at radius 2 is 2.05 bits per heavy atom. The van der Waals surface area contributed by atoms with Crippen LogP contribution < -0.4 is 5.32 Å². The maximum absolute atomic E-state index is 12.4. The van der Waals surface area contributed by atoms with E-state index in [0.717, 1.165) is 44.9 Å². The lowest BCUT2D eigenvalue weighted by molar-refractivity contribution is -0.147. The topological polar surface area (TPSA) is 76.4 Å². The number of nitrogens with one attached hydrogen (secondary N) is 1. The van der Waals surface area contributed by atoms with Gasteiger partial charge in [-0.1, -0.05) is 0 Å². The molecule has 5 fully saturated rings. The summed E-state index contributed by atoms with van der Waals surface area (Å²) in [5.41, 5.74) is -0.542. The van der Waals surface area contributed by atoms with E-state index in [1.165, 1.54) is 6.42 Å². The van der Waals surface area contributed by atoms with E-state index in [-0.39, 0.29) is 17.5 Å². The molecule has 2 N–H and O–H groups in total. The van der Waals surface area contributed by atoms with E-state index in [4.69, 9.17) is 5.26 Å². The Bertz CT molecular complexity index is 512. The second-order valence-electron chi connectivity index (χ2n) is 8.19. The van der Waals surface area contributed by atoms with E-state index in [1.807, 2.05) is 0 Å². The Morgan fingerprint density at radius 3 is 2.68 bits per heavy atom. The highest BCUT2D eigenvalue weighted by atomic mass is 16.3. The van der Waals surface area contributed by atoms with E-state index in [0.29, 0.717) is 24.9 Å². The maximum Gasteiger partial charge on any atom is 0.237 e. The van der Waals surface area contributed by atoms with Crippen molar-refractivity contribution in [2.24, 2.45) is 11.8 Å². The number of likely N-dealkylation sites (tertiary alicyclic amines) is 1. The molecule has 5 rings (SSSR count). The normalized spacial score (nSPS) is 46.0. The molecule has 22 heavy (non-hydrogen) atoms. The first-order valence-electron chi connectivity index (χ1n) is 8.67. The number of hydrogen-bond donors (Lipinski definition) is 2. The summed E-state index contributed by atoms with van der Waals surface area (Å²) >= 11 is 0. The summed E-state index contributed by atoms with van der Waals surface area (Å²) < 4.78 is 0. The predicted octanol–water partition coefficient (Wildman–Crippen LogP) is 1.17. The minimum atomic E-state index is -0.497. The highest BCUT2D eigenvalue weighted by molar-refractivity contribution is 5.79. The monoisotopic (exact) mass is 308 g/mol. The van der Waals surface area contributed by atoms with Gasteiger partial charge in [-0.05, 0) is 63.2 Å². The van der Waals surface area contributed by atoms with Gasteiger partial charge in [-0.15, -0.1) is 0 Å². The molecule has 120 valence electrons. The quantitative estimate of drug-likeness (QED) is 0.768. The molecule has 2 unspecified atom stereocenters. The number of carbonyl (C=O) groups is 1. The SMILES string of the molecule is N#[13C][13C@@H]1[13CH2][13CH2][13CH2]N1C(=O)CNC12CC3CC(CC(O)(C3)C1)C2. The van der Waals surface area contributed by atoms with Crippen LogP contribution in [0.5, 0.6) is 0 Å². The number of nitriles is 1. The standard InChI is InChI=1S/C17H25N3O2/c18-9-14-2-1-3-20(14)15(21)10-19-16-5-12-4-13(6-16)8-17(22,7-12)11-16/h12-14,19,22H,1-8,10-11H2/t12?,13?,14-,16?,17?/m0/s1/i1+1,2+1,3+1,9+1,14+1. The molecule has 4 aliphatic carbocycles. The summed E-state index contributed by atoms with van der Waals surface area (Å²) in [6.07, 6.45) is 7.87. The Kier molecular flexibility index (Phi) is 3.25. The van der Waals surface area contributed by atoms with Crippen LogP contribution in [-0.2, 0) is 4.79 Å². The van der Waals surface area contributed by atoms with E-state index in [2.05, 4.69) is 11.4 Å².